The summed E-state index contributed by atoms with van der Waals surface area (Å²) in [5.41, 5.74) is 8.02. The SMILES string of the molecule is COc1cccc(NC(=O)C2CCC(n3cnc4c(N)nc(C#CC(C)(C)C)nc43)CC2)c1. The Hall–Kier alpha value is -3.60. The molecule has 1 amide bonds. The van der Waals surface area contributed by atoms with Crippen molar-refractivity contribution in [3.05, 3.63) is 36.4 Å². The highest BCUT2D eigenvalue weighted by Gasteiger charge is 2.28. The molecular formula is C25H30N6O2. The van der Waals surface area contributed by atoms with Crippen LogP contribution in [0.15, 0.2) is 30.6 Å². The zero-order valence-corrected chi connectivity index (χ0v) is 19.6. The number of nitrogens with zero attached hydrogens (tertiary/aromatic N) is 4. The topological polar surface area (TPSA) is 108 Å². The number of hydrogen-bond acceptors (Lipinski definition) is 6. The fraction of sp³-hybridized carbons (Fsp3) is 0.440. The number of nitrogens with two attached hydrogens (primary N) is 1. The van der Waals surface area contributed by atoms with E-state index in [2.05, 4.69) is 36.7 Å². The van der Waals surface area contributed by atoms with Gasteiger partial charge in [-0.2, -0.15) is 0 Å². The lowest BCUT2D eigenvalue weighted by molar-refractivity contribution is -0.120. The number of methoxy groups -OCH3 is 1. The Kier molecular flexibility index (Phi) is 6.23. The van der Waals surface area contributed by atoms with E-state index >= 15 is 0 Å². The zero-order chi connectivity index (χ0) is 23.6. The van der Waals surface area contributed by atoms with Gasteiger partial charge in [-0.1, -0.05) is 12.0 Å². The first-order chi connectivity index (χ1) is 15.7. The summed E-state index contributed by atoms with van der Waals surface area (Å²) in [7, 11) is 1.61. The summed E-state index contributed by atoms with van der Waals surface area (Å²) in [5, 5.41) is 3.02. The van der Waals surface area contributed by atoms with Crippen LogP contribution in [0.25, 0.3) is 11.2 Å². The van der Waals surface area contributed by atoms with Gasteiger partial charge in [0.05, 0.1) is 13.4 Å². The van der Waals surface area contributed by atoms with Crippen molar-refractivity contribution in [3.8, 4) is 17.6 Å². The van der Waals surface area contributed by atoms with E-state index in [1.54, 1.807) is 13.4 Å². The second kappa shape index (κ2) is 9.10. The van der Waals surface area contributed by atoms with Crippen molar-refractivity contribution in [2.45, 2.75) is 52.5 Å². The molecule has 0 radical (unpaired) electrons. The average molecular weight is 447 g/mol. The van der Waals surface area contributed by atoms with Gasteiger partial charge in [0.1, 0.15) is 11.3 Å². The number of anilines is 2. The smallest absolute Gasteiger partial charge is 0.227 e. The lowest BCUT2D eigenvalue weighted by atomic mass is 9.85. The van der Waals surface area contributed by atoms with E-state index in [0.29, 0.717) is 22.8 Å². The highest BCUT2D eigenvalue weighted by Crippen LogP contribution is 2.35. The van der Waals surface area contributed by atoms with E-state index in [-0.39, 0.29) is 23.3 Å². The fourth-order valence-electron chi connectivity index (χ4n) is 4.07. The van der Waals surface area contributed by atoms with E-state index in [4.69, 9.17) is 10.5 Å². The Morgan fingerprint density at radius 1 is 1.21 bits per heavy atom. The van der Waals surface area contributed by atoms with Gasteiger partial charge in [-0.05, 0) is 64.5 Å². The molecule has 8 heteroatoms. The van der Waals surface area contributed by atoms with Crippen molar-refractivity contribution in [2.75, 3.05) is 18.2 Å². The van der Waals surface area contributed by atoms with Gasteiger partial charge in [0, 0.05) is 29.1 Å². The summed E-state index contributed by atoms with van der Waals surface area (Å²) in [6.45, 7) is 6.11. The van der Waals surface area contributed by atoms with Gasteiger partial charge in [0.25, 0.3) is 0 Å². The standard InChI is InChI=1S/C25H30N6O2/c1-25(2,3)13-12-20-29-22(26)21-23(30-20)31(15-27-21)18-10-8-16(9-11-18)24(32)28-17-6-5-7-19(14-17)33-4/h5-7,14-16,18H,8-11H2,1-4H3,(H,28,32)(H2,26,29,30). The quantitative estimate of drug-likeness (QED) is 0.582. The molecule has 1 fully saturated rings. The number of ether oxygens (including phenoxy) is 1. The van der Waals surface area contributed by atoms with Crippen LogP contribution in [-0.4, -0.2) is 32.5 Å². The van der Waals surface area contributed by atoms with Gasteiger partial charge < -0.3 is 20.4 Å². The molecule has 3 aromatic rings. The molecule has 4 rings (SSSR count). The number of carbonyl (C=O) groups is 1. The molecule has 0 spiro atoms. The van der Waals surface area contributed by atoms with Gasteiger partial charge in [-0.25, -0.2) is 15.0 Å². The molecule has 1 aromatic carbocycles. The number of nitrogens with one attached hydrogen (secondary N) is 1. The second-order valence-corrected chi connectivity index (χ2v) is 9.48. The molecule has 1 aliphatic rings. The number of amides is 1. The Morgan fingerprint density at radius 2 is 1.97 bits per heavy atom. The maximum absolute atomic E-state index is 12.8. The highest BCUT2D eigenvalue weighted by molar-refractivity contribution is 5.92. The third kappa shape index (κ3) is 5.25. The Bertz CT molecular complexity index is 1220. The van der Waals surface area contributed by atoms with Gasteiger partial charge in [0.2, 0.25) is 11.7 Å². The summed E-state index contributed by atoms with van der Waals surface area (Å²) in [4.78, 5) is 26.2. The molecule has 1 saturated carbocycles. The molecule has 0 atom stereocenters. The van der Waals surface area contributed by atoms with Crippen LogP contribution >= 0.6 is 0 Å². The van der Waals surface area contributed by atoms with Crippen LogP contribution in [0.3, 0.4) is 0 Å². The maximum Gasteiger partial charge on any atom is 0.227 e. The second-order valence-electron chi connectivity index (χ2n) is 9.48. The van der Waals surface area contributed by atoms with Crippen molar-refractivity contribution < 1.29 is 9.53 Å². The van der Waals surface area contributed by atoms with Gasteiger partial charge >= 0.3 is 0 Å². The predicted molar refractivity (Wildman–Crippen MR) is 129 cm³/mol. The van der Waals surface area contributed by atoms with Crippen molar-refractivity contribution in [1.29, 1.82) is 0 Å². The van der Waals surface area contributed by atoms with Crippen molar-refractivity contribution in [2.24, 2.45) is 11.3 Å². The number of nitrogen functional groups attached to an aromatic ring is 1. The number of hydrogen-bond donors (Lipinski definition) is 2. The number of aromatic nitrogens is 4. The van der Waals surface area contributed by atoms with Crippen molar-refractivity contribution in [1.82, 2.24) is 19.5 Å². The largest absolute Gasteiger partial charge is 0.497 e. The molecule has 0 aliphatic heterocycles. The molecule has 2 heterocycles. The predicted octanol–water partition coefficient (Wildman–Crippen LogP) is 4.18. The number of fused-ring (bicyclic) bond motifs is 1. The van der Waals surface area contributed by atoms with Crippen LogP contribution in [0, 0.1) is 23.2 Å². The van der Waals surface area contributed by atoms with Crippen LogP contribution in [0.2, 0.25) is 0 Å². The summed E-state index contributed by atoms with van der Waals surface area (Å²) in [5.74, 6) is 7.66. The summed E-state index contributed by atoms with van der Waals surface area (Å²) < 4.78 is 7.29. The number of imidazole rings is 1. The molecule has 0 saturated heterocycles. The van der Waals surface area contributed by atoms with Crippen LogP contribution < -0.4 is 15.8 Å². The minimum absolute atomic E-state index is 0.0323. The molecular weight excluding hydrogens is 416 g/mol. The van der Waals surface area contributed by atoms with E-state index in [9.17, 15) is 4.79 Å². The minimum Gasteiger partial charge on any atom is -0.497 e. The average Bonchev–Trinajstić information content (AvgIpc) is 3.22. The lowest BCUT2D eigenvalue weighted by Gasteiger charge is -2.28. The van der Waals surface area contributed by atoms with Crippen molar-refractivity contribution in [3.63, 3.8) is 0 Å². The molecule has 1 aliphatic carbocycles. The van der Waals surface area contributed by atoms with E-state index in [1.165, 1.54) is 0 Å². The van der Waals surface area contributed by atoms with Crippen LogP contribution in [0.5, 0.6) is 5.75 Å². The Morgan fingerprint density at radius 3 is 2.67 bits per heavy atom. The van der Waals surface area contributed by atoms with Crippen LogP contribution in [0.1, 0.15) is 58.3 Å². The van der Waals surface area contributed by atoms with E-state index in [1.807, 2.05) is 45.0 Å². The molecule has 0 unspecified atom stereocenters. The first-order valence-corrected chi connectivity index (χ1v) is 11.2. The van der Waals surface area contributed by atoms with Gasteiger partial charge in [-0.3, -0.25) is 4.79 Å². The Balaban J connectivity index is 1.47. The fourth-order valence-corrected chi connectivity index (χ4v) is 4.07. The third-order valence-corrected chi connectivity index (χ3v) is 5.80. The highest BCUT2D eigenvalue weighted by atomic mass is 16.5. The van der Waals surface area contributed by atoms with Gasteiger partial charge in [0.15, 0.2) is 11.5 Å². The number of benzene rings is 1. The molecule has 2 aromatic heterocycles. The van der Waals surface area contributed by atoms with E-state index < -0.39 is 0 Å². The molecule has 0 bridgehead atoms. The van der Waals surface area contributed by atoms with Gasteiger partial charge in [-0.15, -0.1) is 0 Å². The van der Waals surface area contributed by atoms with Crippen LogP contribution in [-0.2, 0) is 4.79 Å². The minimum atomic E-state index is -0.156. The number of carbonyl (C=O) groups excluding carboxylic acids is 1. The molecule has 172 valence electrons. The monoisotopic (exact) mass is 446 g/mol. The summed E-state index contributed by atoms with van der Waals surface area (Å²) in [6.07, 6.45) is 5.07. The van der Waals surface area contributed by atoms with E-state index in [0.717, 1.165) is 37.1 Å². The molecule has 8 nitrogen and oxygen atoms in total. The molecule has 3 N–H and O–H groups in total. The van der Waals surface area contributed by atoms with Crippen LogP contribution in [0.4, 0.5) is 11.5 Å². The maximum atomic E-state index is 12.8. The lowest BCUT2D eigenvalue weighted by Crippen LogP contribution is -2.28. The zero-order valence-electron chi connectivity index (χ0n) is 19.6. The first kappa shape index (κ1) is 22.6. The normalized spacial score (nSPS) is 18.4. The Labute approximate surface area is 194 Å². The third-order valence-electron chi connectivity index (χ3n) is 5.80. The first-order valence-electron chi connectivity index (χ1n) is 11.2. The summed E-state index contributed by atoms with van der Waals surface area (Å²) in [6, 6.07) is 7.61. The number of rotatable bonds is 4. The molecule has 33 heavy (non-hydrogen) atoms. The van der Waals surface area contributed by atoms with Crippen molar-refractivity contribution >= 4 is 28.6 Å². The summed E-state index contributed by atoms with van der Waals surface area (Å²) >= 11 is 0.